The van der Waals surface area contributed by atoms with Crippen LogP contribution in [0.2, 0.25) is 0 Å². The zero-order valence-electron chi connectivity index (χ0n) is 11.7. The van der Waals surface area contributed by atoms with Crippen LogP contribution >= 0.6 is 0 Å². The van der Waals surface area contributed by atoms with Gasteiger partial charge in [-0.3, -0.25) is 4.68 Å². The maximum atomic E-state index is 4.27. The van der Waals surface area contributed by atoms with Crippen molar-refractivity contribution in [3.8, 4) is 0 Å². The van der Waals surface area contributed by atoms with Crippen molar-refractivity contribution < 1.29 is 0 Å². The fourth-order valence-corrected chi connectivity index (χ4v) is 1.90. The highest BCUT2D eigenvalue weighted by atomic mass is 15.3. The Morgan fingerprint density at radius 3 is 2.65 bits per heavy atom. The number of nitrogens with zero attached hydrogens (tertiary/aromatic N) is 2. The molecule has 0 aliphatic rings. The molecule has 0 amide bonds. The van der Waals surface area contributed by atoms with Crippen molar-refractivity contribution in [3.63, 3.8) is 0 Å². The number of hydrogen-bond acceptors (Lipinski definition) is 2. The molecule has 1 N–H and O–H groups in total. The van der Waals surface area contributed by atoms with E-state index in [0.717, 1.165) is 19.0 Å². The molecule has 3 heteroatoms. The van der Waals surface area contributed by atoms with Crippen LogP contribution in [0.25, 0.3) is 0 Å². The molecule has 3 nitrogen and oxygen atoms in total. The zero-order chi connectivity index (χ0) is 12.7. The van der Waals surface area contributed by atoms with Crippen LogP contribution in [-0.2, 0) is 13.1 Å². The van der Waals surface area contributed by atoms with E-state index in [1.54, 1.807) is 0 Å². The number of hydrogen-bond donors (Lipinski definition) is 1. The molecule has 1 aromatic heterocycles. The SMILES string of the molecule is CCn1cc(CNC(C)CCCC(C)C)cn1. The molecular formula is C14H27N3. The molecule has 0 saturated carbocycles. The van der Waals surface area contributed by atoms with E-state index in [4.69, 9.17) is 0 Å². The third-order valence-corrected chi connectivity index (χ3v) is 3.08. The molecule has 0 radical (unpaired) electrons. The van der Waals surface area contributed by atoms with Crippen LogP contribution in [0.3, 0.4) is 0 Å². The molecule has 98 valence electrons. The van der Waals surface area contributed by atoms with Crippen LogP contribution in [0.5, 0.6) is 0 Å². The number of rotatable bonds is 8. The van der Waals surface area contributed by atoms with E-state index in [0.29, 0.717) is 6.04 Å². The first-order valence-corrected chi connectivity index (χ1v) is 6.86. The highest BCUT2D eigenvalue weighted by molar-refractivity contribution is 5.03. The lowest BCUT2D eigenvalue weighted by molar-refractivity contribution is 0.457. The number of nitrogens with one attached hydrogen (secondary N) is 1. The van der Waals surface area contributed by atoms with Gasteiger partial charge in [-0.25, -0.2) is 0 Å². The summed E-state index contributed by atoms with van der Waals surface area (Å²) in [5, 5.41) is 7.83. The largest absolute Gasteiger partial charge is 0.310 e. The Hall–Kier alpha value is -0.830. The first-order chi connectivity index (χ1) is 8.11. The van der Waals surface area contributed by atoms with Crippen molar-refractivity contribution >= 4 is 0 Å². The summed E-state index contributed by atoms with van der Waals surface area (Å²) in [7, 11) is 0. The van der Waals surface area contributed by atoms with Crippen molar-refractivity contribution in [1.82, 2.24) is 15.1 Å². The summed E-state index contributed by atoms with van der Waals surface area (Å²) in [4.78, 5) is 0. The van der Waals surface area contributed by atoms with Gasteiger partial charge in [0.15, 0.2) is 0 Å². The normalized spacial score (nSPS) is 13.2. The van der Waals surface area contributed by atoms with Crippen molar-refractivity contribution in [1.29, 1.82) is 0 Å². The predicted molar refractivity (Wildman–Crippen MR) is 72.9 cm³/mol. The zero-order valence-corrected chi connectivity index (χ0v) is 11.7. The summed E-state index contributed by atoms with van der Waals surface area (Å²) >= 11 is 0. The van der Waals surface area contributed by atoms with Gasteiger partial charge in [-0.1, -0.05) is 26.7 Å². The molecule has 0 spiro atoms. The van der Waals surface area contributed by atoms with Crippen LogP contribution in [0.1, 0.15) is 52.5 Å². The average Bonchev–Trinajstić information content (AvgIpc) is 2.73. The van der Waals surface area contributed by atoms with E-state index < -0.39 is 0 Å². The molecular weight excluding hydrogens is 210 g/mol. The minimum atomic E-state index is 0.596. The molecule has 1 atom stereocenters. The number of aromatic nitrogens is 2. The molecule has 0 aliphatic carbocycles. The molecule has 0 fully saturated rings. The van der Waals surface area contributed by atoms with Crippen LogP contribution in [0, 0.1) is 5.92 Å². The Kier molecular flexibility index (Phi) is 6.27. The first-order valence-electron chi connectivity index (χ1n) is 6.86. The second-order valence-corrected chi connectivity index (χ2v) is 5.31. The average molecular weight is 237 g/mol. The lowest BCUT2D eigenvalue weighted by atomic mass is 10.0. The van der Waals surface area contributed by atoms with Gasteiger partial charge in [-0.05, 0) is 26.2 Å². The van der Waals surface area contributed by atoms with Crippen LogP contribution in [0.4, 0.5) is 0 Å². The second kappa shape index (κ2) is 7.49. The predicted octanol–water partition coefficient (Wildman–Crippen LogP) is 3.21. The Morgan fingerprint density at radius 1 is 1.29 bits per heavy atom. The highest BCUT2D eigenvalue weighted by Gasteiger charge is 2.03. The lowest BCUT2D eigenvalue weighted by Crippen LogP contribution is -2.25. The summed E-state index contributed by atoms with van der Waals surface area (Å²) < 4.78 is 1.97. The van der Waals surface area contributed by atoms with Crippen molar-refractivity contribution in [2.75, 3.05) is 0 Å². The van der Waals surface area contributed by atoms with E-state index >= 15 is 0 Å². The maximum Gasteiger partial charge on any atom is 0.0534 e. The topological polar surface area (TPSA) is 29.9 Å². The molecule has 1 aromatic rings. The van der Waals surface area contributed by atoms with Gasteiger partial charge in [-0.15, -0.1) is 0 Å². The van der Waals surface area contributed by atoms with Gasteiger partial charge in [0.2, 0.25) is 0 Å². The Morgan fingerprint density at radius 2 is 2.06 bits per heavy atom. The summed E-state index contributed by atoms with van der Waals surface area (Å²) in [5.41, 5.74) is 1.28. The second-order valence-electron chi connectivity index (χ2n) is 5.31. The Balaban J connectivity index is 2.16. The molecule has 1 heterocycles. The minimum Gasteiger partial charge on any atom is -0.310 e. The quantitative estimate of drug-likeness (QED) is 0.752. The molecule has 17 heavy (non-hydrogen) atoms. The third-order valence-electron chi connectivity index (χ3n) is 3.08. The standard InChI is InChI=1S/C14H27N3/c1-5-17-11-14(10-16-17)9-15-13(4)8-6-7-12(2)3/h10-13,15H,5-9H2,1-4H3. The van der Waals surface area contributed by atoms with E-state index in [-0.39, 0.29) is 0 Å². The van der Waals surface area contributed by atoms with E-state index in [2.05, 4.69) is 44.3 Å². The third kappa shape index (κ3) is 5.87. The van der Waals surface area contributed by atoms with Gasteiger partial charge in [-0.2, -0.15) is 5.10 Å². The first kappa shape index (κ1) is 14.2. The van der Waals surface area contributed by atoms with Crippen molar-refractivity contribution in [3.05, 3.63) is 18.0 Å². The van der Waals surface area contributed by atoms with Gasteiger partial charge in [0.25, 0.3) is 0 Å². The van der Waals surface area contributed by atoms with E-state index in [1.807, 2.05) is 10.9 Å². The summed E-state index contributed by atoms with van der Waals surface area (Å²) in [6.45, 7) is 10.8. The van der Waals surface area contributed by atoms with Crippen LogP contribution in [-0.4, -0.2) is 15.8 Å². The van der Waals surface area contributed by atoms with Crippen molar-refractivity contribution in [2.24, 2.45) is 5.92 Å². The van der Waals surface area contributed by atoms with Crippen molar-refractivity contribution in [2.45, 2.75) is 66.1 Å². The fourth-order valence-electron chi connectivity index (χ4n) is 1.90. The maximum absolute atomic E-state index is 4.27. The molecule has 1 unspecified atom stereocenters. The Bertz CT molecular complexity index is 304. The van der Waals surface area contributed by atoms with Crippen LogP contribution in [0.15, 0.2) is 12.4 Å². The number of aryl methyl sites for hydroxylation is 1. The van der Waals surface area contributed by atoms with Gasteiger partial charge >= 0.3 is 0 Å². The molecule has 1 rings (SSSR count). The van der Waals surface area contributed by atoms with Gasteiger partial charge in [0.05, 0.1) is 6.20 Å². The smallest absolute Gasteiger partial charge is 0.0534 e. The van der Waals surface area contributed by atoms with E-state index in [1.165, 1.54) is 24.8 Å². The van der Waals surface area contributed by atoms with Gasteiger partial charge in [0.1, 0.15) is 0 Å². The minimum absolute atomic E-state index is 0.596. The summed E-state index contributed by atoms with van der Waals surface area (Å²) in [6.07, 6.45) is 7.99. The molecule has 0 bridgehead atoms. The highest BCUT2D eigenvalue weighted by Crippen LogP contribution is 2.08. The summed E-state index contributed by atoms with van der Waals surface area (Å²) in [5.74, 6) is 0.824. The lowest BCUT2D eigenvalue weighted by Gasteiger charge is -2.13. The summed E-state index contributed by atoms with van der Waals surface area (Å²) in [6, 6.07) is 0.596. The van der Waals surface area contributed by atoms with E-state index in [9.17, 15) is 0 Å². The van der Waals surface area contributed by atoms with Gasteiger partial charge < -0.3 is 5.32 Å². The molecule has 0 saturated heterocycles. The van der Waals surface area contributed by atoms with Crippen LogP contribution < -0.4 is 5.32 Å². The molecule has 0 aliphatic heterocycles. The Labute approximate surface area is 106 Å². The van der Waals surface area contributed by atoms with Gasteiger partial charge in [0, 0.05) is 30.9 Å². The molecule has 0 aromatic carbocycles. The monoisotopic (exact) mass is 237 g/mol. The fraction of sp³-hybridized carbons (Fsp3) is 0.786.